The van der Waals surface area contributed by atoms with Gasteiger partial charge in [0.1, 0.15) is 0 Å². The van der Waals surface area contributed by atoms with Crippen LogP contribution < -0.4 is 5.32 Å². The Balaban J connectivity index is 1.85. The normalized spacial score (nSPS) is 17.5. The average Bonchev–Trinajstić information content (AvgIpc) is 2.99. The molecule has 7 nitrogen and oxygen atoms in total. The van der Waals surface area contributed by atoms with Crippen molar-refractivity contribution in [3.05, 3.63) is 45.0 Å². The van der Waals surface area contributed by atoms with Crippen LogP contribution in [0.1, 0.15) is 23.0 Å². The molecule has 1 atom stereocenters. The van der Waals surface area contributed by atoms with Crippen LogP contribution in [0.4, 0.5) is 5.69 Å². The number of aromatic nitrogens is 1. The number of nitro groups is 1. The zero-order valence-electron chi connectivity index (χ0n) is 13.9. The van der Waals surface area contributed by atoms with E-state index < -0.39 is 4.92 Å². The fourth-order valence-corrected chi connectivity index (χ4v) is 4.53. The topological polar surface area (TPSA) is 88.4 Å². The largest absolute Gasteiger partial charge is 0.336 e. The number of hydrogen-bond donors (Lipinski definition) is 1. The van der Waals surface area contributed by atoms with E-state index in [1.54, 1.807) is 17.0 Å². The molecule has 1 aromatic heterocycles. The van der Waals surface area contributed by atoms with Crippen LogP contribution in [-0.2, 0) is 0 Å². The molecular formula is C16H18N4O3S2. The van der Waals surface area contributed by atoms with Gasteiger partial charge in [0.25, 0.3) is 11.6 Å². The Kier molecular flexibility index (Phi) is 5.36. The van der Waals surface area contributed by atoms with Crippen molar-refractivity contribution >= 4 is 34.7 Å². The molecule has 3 rings (SSSR count). The van der Waals surface area contributed by atoms with Gasteiger partial charge in [0, 0.05) is 48.4 Å². The van der Waals surface area contributed by atoms with E-state index in [0.717, 1.165) is 16.6 Å². The second-order valence-electron chi connectivity index (χ2n) is 5.90. The maximum absolute atomic E-state index is 12.7. The predicted molar refractivity (Wildman–Crippen MR) is 97.4 cm³/mol. The van der Waals surface area contributed by atoms with Crippen molar-refractivity contribution < 1.29 is 9.72 Å². The Morgan fingerprint density at radius 3 is 2.96 bits per heavy atom. The molecule has 1 N–H and O–H groups in total. The van der Waals surface area contributed by atoms with Crippen LogP contribution in [-0.4, -0.2) is 46.4 Å². The van der Waals surface area contributed by atoms with Gasteiger partial charge in [0.05, 0.1) is 9.82 Å². The molecule has 132 valence electrons. The number of thiazole rings is 1. The summed E-state index contributed by atoms with van der Waals surface area (Å²) in [7, 11) is 0. The van der Waals surface area contributed by atoms with E-state index >= 15 is 0 Å². The maximum Gasteiger partial charge on any atom is 0.284 e. The summed E-state index contributed by atoms with van der Waals surface area (Å²) in [6.45, 7) is 5.82. The van der Waals surface area contributed by atoms with Crippen molar-refractivity contribution in [2.75, 3.05) is 19.6 Å². The molecule has 25 heavy (non-hydrogen) atoms. The lowest BCUT2D eigenvalue weighted by atomic mass is 10.1. The SMILES string of the molecule is Cc1csc(Sc2ccc(C(=O)N3CCNC(C)C3)cc2[N+](=O)[O-])n1. The third-order valence-corrected chi connectivity index (χ3v) is 5.98. The van der Waals surface area contributed by atoms with Crippen LogP contribution in [0, 0.1) is 17.0 Å². The molecule has 1 aromatic carbocycles. The number of nitrogens with one attached hydrogen (secondary N) is 1. The molecule has 0 saturated carbocycles. The fourth-order valence-electron chi connectivity index (χ4n) is 2.65. The molecule has 2 heterocycles. The summed E-state index contributed by atoms with van der Waals surface area (Å²) >= 11 is 2.70. The number of aryl methyl sites for hydroxylation is 1. The zero-order chi connectivity index (χ0) is 18.0. The minimum atomic E-state index is -0.444. The van der Waals surface area contributed by atoms with Crippen LogP contribution in [0.15, 0.2) is 32.8 Å². The molecule has 2 aromatic rings. The van der Waals surface area contributed by atoms with Gasteiger partial charge in [-0.15, -0.1) is 11.3 Å². The number of carbonyl (C=O) groups is 1. The minimum absolute atomic E-state index is 0.0631. The van der Waals surface area contributed by atoms with E-state index in [-0.39, 0.29) is 17.6 Å². The molecule has 9 heteroatoms. The molecular weight excluding hydrogens is 360 g/mol. The Morgan fingerprint density at radius 2 is 2.32 bits per heavy atom. The summed E-state index contributed by atoms with van der Waals surface area (Å²) in [5.41, 5.74) is 1.17. The van der Waals surface area contributed by atoms with Gasteiger partial charge in [-0.1, -0.05) is 11.8 Å². The maximum atomic E-state index is 12.7. The van der Waals surface area contributed by atoms with Crippen LogP contribution in [0.2, 0.25) is 0 Å². The quantitative estimate of drug-likeness (QED) is 0.650. The van der Waals surface area contributed by atoms with Crippen molar-refractivity contribution in [1.82, 2.24) is 15.2 Å². The monoisotopic (exact) mass is 378 g/mol. The molecule has 1 saturated heterocycles. The van der Waals surface area contributed by atoms with Crippen molar-refractivity contribution in [1.29, 1.82) is 0 Å². The van der Waals surface area contributed by atoms with E-state index in [9.17, 15) is 14.9 Å². The van der Waals surface area contributed by atoms with Gasteiger partial charge >= 0.3 is 0 Å². The van der Waals surface area contributed by atoms with Crippen molar-refractivity contribution in [3.63, 3.8) is 0 Å². The molecule has 0 spiro atoms. The molecule has 1 aliphatic heterocycles. The van der Waals surface area contributed by atoms with E-state index in [2.05, 4.69) is 10.3 Å². The first kappa shape index (κ1) is 17.8. The zero-order valence-corrected chi connectivity index (χ0v) is 15.5. The number of benzene rings is 1. The highest BCUT2D eigenvalue weighted by atomic mass is 32.2. The summed E-state index contributed by atoms with van der Waals surface area (Å²) in [6, 6.07) is 4.89. The first-order valence-electron chi connectivity index (χ1n) is 7.85. The number of amides is 1. The van der Waals surface area contributed by atoms with Crippen molar-refractivity contribution in [2.24, 2.45) is 0 Å². The summed E-state index contributed by atoms with van der Waals surface area (Å²) in [5, 5.41) is 16.6. The van der Waals surface area contributed by atoms with E-state index in [0.29, 0.717) is 23.5 Å². The number of carbonyl (C=O) groups excluding carboxylic acids is 1. The van der Waals surface area contributed by atoms with Crippen molar-refractivity contribution in [2.45, 2.75) is 29.1 Å². The lowest BCUT2D eigenvalue weighted by Gasteiger charge is -2.31. The highest BCUT2D eigenvalue weighted by Gasteiger charge is 2.25. The summed E-state index contributed by atoms with van der Waals surface area (Å²) in [6.07, 6.45) is 0. The van der Waals surface area contributed by atoms with E-state index in [4.69, 9.17) is 0 Å². The summed E-state index contributed by atoms with van der Waals surface area (Å²) < 4.78 is 0.746. The first-order valence-corrected chi connectivity index (χ1v) is 9.54. The highest BCUT2D eigenvalue weighted by molar-refractivity contribution is 8.01. The Labute approximate surface area is 153 Å². The fraction of sp³-hybridized carbons (Fsp3) is 0.375. The van der Waals surface area contributed by atoms with Gasteiger partial charge in [-0.25, -0.2) is 4.98 Å². The third-order valence-electron chi connectivity index (χ3n) is 3.85. The molecule has 0 bridgehead atoms. The van der Waals surface area contributed by atoms with Crippen LogP contribution in [0.3, 0.4) is 0 Å². The van der Waals surface area contributed by atoms with E-state index in [1.165, 1.54) is 29.2 Å². The smallest absolute Gasteiger partial charge is 0.284 e. The van der Waals surface area contributed by atoms with Crippen LogP contribution >= 0.6 is 23.1 Å². The van der Waals surface area contributed by atoms with E-state index in [1.807, 2.05) is 19.2 Å². The van der Waals surface area contributed by atoms with Crippen LogP contribution in [0.25, 0.3) is 0 Å². The van der Waals surface area contributed by atoms with Crippen molar-refractivity contribution in [3.8, 4) is 0 Å². The summed E-state index contributed by atoms with van der Waals surface area (Å²) in [5.74, 6) is -0.168. The Bertz CT molecular complexity index is 808. The van der Waals surface area contributed by atoms with Crippen LogP contribution in [0.5, 0.6) is 0 Å². The predicted octanol–water partition coefficient (Wildman–Crippen LogP) is 2.94. The molecule has 1 fully saturated rings. The number of rotatable bonds is 4. The molecule has 0 aliphatic carbocycles. The second kappa shape index (κ2) is 7.51. The average molecular weight is 378 g/mol. The molecule has 1 unspecified atom stereocenters. The lowest BCUT2D eigenvalue weighted by Crippen LogP contribution is -2.51. The summed E-state index contributed by atoms with van der Waals surface area (Å²) in [4.78, 5) is 30.2. The van der Waals surface area contributed by atoms with Gasteiger partial charge in [0.15, 0.2) is 4.34 Å². The van der Waals surface area contributed by atoms with Gasteiger partial charge in [-0.3, -0.25) is 14.9 Å². The minimum Gasteiger partial charge on any atom is -0.336 e. The van der Waals surface area contributed by atoms with Gasteiger partial charge in [0.2, 0.25) is 0 Å². The van der Waals surface area contributed by atoms with Gasteiger partial charge in [-0.05, 0) is 26.0 Å². The number of nitro benzene ring substituents is 1. The lowest BCUT2D eigenvalue weighted by molar-refractivity contribution is -0.387. The third kappa shape index (κ3) is 4.17. The standard InChI is InChI=1S/C16H18N4O3S2/c1-10-8-19(6-5-17-10)15(21)12-3-4-14(13(7-12)20(22)23)25-16-18-11(2)9-24-16/h3-4,7,9-10,17H,5-6,8H2,1-2H3. The number of hydrogen-bond acceptors (Lipinski definition) is 7. The molecule has 1 aliphatic rings. The van der Waals surface area contributed by atoms with Gasteiger partial charge < -0.3 is 10.2 Å². The number of piperazine rings is 1. The highest BCUT2D eigenvalue weighted by Crippen LogP contribution is 2.37. The molecule has 0 radical (unpaired) electrons. The Hall–Kier alpha value is -1.97. The first-order chi connectivity index (χ1) is 11.9. The molecule has 1 amide bonds. The van der Waals surface area contributed by atoms with Gasteiger partial charge in [-0.2, -0.15) is 0 Å². The second-order valence-corrected chi connectivity index (χ2v) is 8.05. The number of nitrogens with zero attached hydrogens (tertiary/aromatic N) is 3. The Morgan fingerprint density at radius 1 is 1.52 bits per heavy atom.